The fraction of sp³-hybridized carbons (Fsp3) is 0.263. The van der Waals surface area contributed by atoms with Crippen LogP contribution in [0.1, 0.15) is 24.2 Å². The number of rotatable bonds is 3. The van der Waals surface area contributed by atoms with Gasteiger partial charge in [0, 0.05) is 11.8 Å². The van der Waals surface area contributed by atoms with Crippen LogP contribution < -0.4 is 10.2 Å². The number of hydrogen-bond donors (Lipinski definition) is 1. The van der Waals surface area contributed by atoms with E-state index < -0.39 is 15.9 Å². The van der Waals surface area contributed by atoms with Crippen molar-refractivity contribution < 1.29 is 18.0 Å². The summed E-state index contributed by atoms with van der Waals surface area (Å²) in [5.74, 6) is -0.750. The first-order chi connectivity index (χ1) is 12.2. The van der Waals surface area contributed by atoms with Crippen molar-refractivity contribution in [2.24, 2.45) is 5.92 Å². The van der Waals surface area contributed by atoms with Crippen molar-refractivity contribution in [1.82, 2.24) is 0 Å². The molecule has 1 N–H and O–H groups in total. The van der Waals surface area contributed by atoms with Gasteiger partial charge in [-0.2, -0.15) is 0 Å². The number of carbonyl (C=O) groups is 2. The molecule has 26 heavy (non-hydrogen) atoms. The van der Waals surface area contributed by atoms with Crippen molar-refractivity contribution >= 4 is 33.0 Å². The normalized spacial score (nSPS) is 17.0. The van der Waals surface area contributed by atoms with Crippen LogP contribution in [0, 0.1) is 5.92 Å². The van der Waals surface area contributed by atoms with Gasteiger partial charge in [-0.15, -0.1) is 0 Å². The zero-order valence-electron chi connectivity index (χ0n) is 14.8. The highest BCUT2D eigenvalue weighted by atomic mass is 32.2. The number of benzene rings is 2. The molecule has 0 bridgehead atoms. The Morgan fingerprint density at radius 2 is 1.77 bits per heavy atom. The number of anilines is 2. The zero-order chi connectivity index (χ0) is 19.1. The summed E-state index contributed by atoms with van der Waals surface area (Å²) in [7, 11) is -3.43. The van der Waals surface area contributed by atoms with Crippen LogP contribution in [0.3, 0.4) is 0 Å². The molecule has 1 aliphatic rings. The zero-order valence-corrected chi connectivity index (χ0v) is 15.6. The predicted molar refractivity (Wildman–Crippen MR) is 100 cm³/mol. The van der Waals surface area contributed by atoms with Gasteiger partial charge in [-0.3, -0.25) is 14.5 Å². The van der Waals surface area contributed by atoms with E-state index in [-0.39, 0.29) is 22.6 Å². The molecule has 1 unspecified atom stereocenters. The number of sulfone groups is 1. The van der Waals surface area contributed by atoms with Gasteiger partial charge in [-0.25, -0.2) is 8.42 Å². The Morgan fingerprint density at radius 3 is 2.35 bits per heavy atom. The highest BCUT2D eigenvalue weighted by Crippen LogP contribution is 2.37. The van der Waals surface area contributed by atoms with Gasteiger partial charge in [0.05, 0.1) is 16.3 Å². The Bertz CT molecular complexity index is 968. The Hall–Kier alpha value is -2.67. The van der Waals surface area contributed by atoms with E-state index >= 15 is 0 Å². The number of amides is 2. The lowest BCUT2D eigenvalue weighted by Crippen LogP contribution is -2.53. The van der Waals surface area contributed by atoms with Crippen molar-refractivity contribution in [2.45, 2.75) is 24.8 Å². The van der Waals surface area contributed by atoms with Crippen LogP contribution in [0.15, 0.2) is 53.4 Å². The number of hydrogen-bond acceptors (Lipinski definition) is 4. The first-order valence-corrected chi connectivity index (χ1v) is 10.1. The second kappa shape index (κ2) is 6.57. The molecule has 0 aliphatic carbocycles. The van der Waals surface area contributed by atoms with Gasteiger partial charge in [0.25, 0.3) is 5.91 Å². The Morgan fingerprint density at radius 1 is 1.12 bits per heavy atom. The van der Waals surface area contributed by atoms with Crippen molar-refractivity contribution in [3.05, 3.63) is 54.1 Å². The van der Waals surface area contributed by atoms with Gasteiger partial charge in [0.2, 0.25) is 5.91 Å². The summed E-state index contributed by atoms with van der Waals surface area (Å²) in [4.78, 5) is 27.3. The molecule has 0 fully saturated rings. The van der Waals surface area contributed by atoms with Gasteiger partial charge < -0.3 is 5.32 Å². The van der Waals surface area contributed by atoms with Crippen LogP contribution in [-0.4, -0.2) is 32.5 Å². The third kappa shape index (κ3) is 3.22. The fourth-order valence-corrected chi connectivity index (χ4v) is 3.73. The van der Waals surface area contributed by atoms with E-state index in [0.29, 0.717) is 16.9 Å². The number of nitrogens with zero attached hydrogens (tertiary/aromatic N) is 1. The molecule has 0 saturated heterocycles. The summed E-state index contributed by atoms with van der Waals surface area (Å²) >= 11 is 0. The van der Waals surface area contributed by atoms with E-state index in [0.717, 1.165) is 6.26 Å². The van der Waals surface area contributed by atoms with Gasteiger partial charge in [0.1, 0.15) is 6.04 Å². The van der Waals surface area contributed by atoms with Crippen LogP contribution in [-0.2, 0) is 14.6 Å². The minimum Gasteiger partial charge on any atom is -0.322 e. The van der Waals surface area contributed by atoms with Crippen LogP contribution >= 0.6 is 0 Å². The van der Waals surface area contributed by atoms with Gasteiger partial charge in [-0.05, 0) is 36.2 Å². The smallest absolute Gasteiger partial charge is 0.259 e. The molecule has 0 radical (unpaired) electrons. The van der Waals surface area contributed by atoms with Crippen molar-refractivity contribution in [2.75, 3.05) is 16.5 Å². The van der Waals surface area contributed by atoms with Crippen LogP contribution in [0.4, 0.5) is 11.4 Å². The molecule has 6 nitrogen and oxygen atoms in total. The monoisotopic (exact) mass is 372 g/mol. The van der Waals surface area contributed by atoms with Crippen molar-refractivity contribution in [3.63, 3.8) is 0 Å². The Balaban J connectivity index is 2.17. The largest absolute Gasteiger partial charge is 0.322 e. The SMILES string of the molecule is CC(C)C1C(=O)Nc2cc(S(C)(=O)=O)ccc2N1C(=O)c1ccccc1. The van der Waals surface area contributed by atoms with E-state index in [4.69, 9.17) is 0 Å². The van der Waals surface area contributed by atoms with E-state index in [1.54, 1.807) is 30.3 Å². The molecule has 2 aromatic carbocycles. The van der Waals surface area contributed by atoms with Crippen molar-refractivity contribution in [1.29, 1.82) is 0 Å². The molecule has 1 atom stereocenters. The lowest BCUT2D eigenvalue weighted by atomic mass is 9.96. The maximum atomic E-state index is 13.1. The number of carbonyl (C=O) groups excluding carboxylic acids is 2. The van der Waals surface area contributed by atoms with E-state index in [9.17, 15) is 18.0 Å². The van der Waals surface area contributed by atoms with Gasteiger partial charge in [0.15, 0.2) is 9.84 Å². The molecule has 7 heteroatoms. The molecule has 1 heterocycles. The molecule has 3 rings (SSSR count). The summed E-state index contributed by atoms with van der Waals surface area (Å²) < 4.78 is 23.6. The first-order valence-electron chi connectivity index (χ1n) is 8.23. The maximum Gasteiger partial charge on any atom is 0.259 e. The molecular weight excluding hydrogens is 352 g/mol. The second-order valence-corrected chi connectivity index (χ2v) is 8.69. The lowest BCUT2D eigenvalue weighted by molar-refractivity contribution is -0.118. The molecule has 2 amide bonds. The highest BCUT2D eigenvalue weighted by molar-refractivity contribution is 7.90. The molecule has 0 saturated carbocycles. The van der Waals surface area contributed by atoms with E-state index in [1.165, 1.54) is 17.0 Å². The lowest BCUT2D eigenvalue weighted by Gasteiger charge is -2.38. The summed E-state index contributed by atoms with van der Waals surface area (Å²) in [6.45, 7) is 3.73. The quantitative estimate of drug-likeness (QED) is 0.898. The fourth-order valence-electron chi connectivity index (χ4n) is 3.09. The highest BCUT2D eigenvalue weighted by Gasteiger charge is 2.39. The van der Waals surface area contributed by atoms with E-state index in [1.807, 2.05) is 19.9 Å². The molecule has 0 spiro atoms. The molecule has 136 valence electrons. The van der Waals surface area contributed by atoms with Crippen molar-refractivity contribution in [3.8, 4) is 0 Å². The summed E-state index contributed by atoms with van der Waals surface area (Å²) in [6, 6.07) is 12.4. The maximum absolute atomic E-state index is 13.1. The second-order valence-electron chi connectivity index (χ2n) is 6.67. The molecule has 0 aromatic heterocycles. The topological polar surface area (TPSA) is 83.6 Å². The third-order valence-electron chi connectivity index (χ3n) is 4.33. The minimum absolute atomic E-state index is 0.0895. The number of nitrogens with one attached hydrogen (secondary N) is 1. The van der Waals surface area contributed by atoms with Crippen LogP contribution in [0.5, 0.6) is 0 Å². The first kappa shape index (κ1) is 18.1. The summed E-state index contributed by atoms with van der Waals surface area (Å²) in [5.41, 5.74) is 1.27. The Labute approximate surface area is 152 Å². The average Bonchev–Trinajstić information content (AvgIpc) is 2.59. The van der Waals surface area contributed by atoms with Gasteiger partial charge in [-0.1, -0.05) is 32.0 Å². The van der Waals surface area contributed by atoms with Gasteiger partial charge >= 0.3 is 0 Å². The molecular formula is C19H20N2O4S. The summed E-state index contributed by atoms with van der Waals surface area (Å²) in [5, 5.41) is 2.74. The van der Waals surface area contributed by atoms with Crippen LogP contribution in [0.2, 0.25) is 0 Å². The van der Waals surface area contributed by atoms with Crippen LogP contribution in [0.25, 0.3) is 0 Å². The third-order valence-corrected chi connectivity index (χ3v) is 5.44. The average molecular weight is 372 g/mol. The molecule has 1 aliphatic heterocycles. The minimum atomic E-state index is -3.43. The van der Waals surface area contributed by atoms with E-state index in [2.05, 4.69) is 5.32 Å². The summed E-state index contributed by atoms with van der Waals surface area (Å²) in [6.07, 6.45) is 1.10. The standard InChI is InChI=1S/C19H20N2O4S/c1-12(2)17-18(22)20-15-11-14(26(3,24)25)9-10-16(15)21(17)19(23)13-7-5-4-6-8-13/h4-12,17H,1-3H3,(H,20,22). The predicted octanol–water partition coefficient (Wildman–Crippen LogP) is 2.71. The Kier molecular flexibility index (Phi) is 4.58. The number of fused-ring (bicyclic) bond motifs is 1. The molecule has 2 aromatic rings.